The van der Waals surface area contributed by atoms with Gasteiger partial charge in [-0.3, -0.25) is 0 Å². The molecule has 0 fully saturated rings. The molecule has 0 bridgehead atoms. The Bertz CT molecular complexity index is 561. The van der Waals surface area contributed by atoms with Crippen molar-refractivity contribution in [3.8, 4) is 11.1 Å². The van der Waals surface area contributed by atoms with Crippen LogP contribution in [0.15, 0.2) is 28.8 Å². The Morgan fingerprint density at radius 2 is 2.00 bits per heavy atom. The third kappa shape index (κ3) is 1.98. The number of nitrogens with two attached hydrogens (primary N) is 1. The van der Waals surface area contributed by atoms with Gasteiger partial charge in [-0.05, 0) is 12.5 Å². The molecule has 4 heteroatoms. The third-order valence-corrected chi connectivity index (χ3v) is 3.39. The van der Waals surface area contributed by atoms with E-state index in [2.05, 4.69) is 12.1 Å². The zero-order chi connectivity index (χ0) is 13.3. The van der Waals surface area contributed by atoms with E-state index in [1.807, 2.05) is 13.8 Å². The molecule has 1 heterocycles. The molecule has 0 saturated carbocycles. The van der Waals surface area contributed by atoms with Gasteiger partial charge in [0.2, 0.25) is 5.88 Å². The summed E-state index contributed by atoms with van der Waals surface area (Å²) in [5.74, 6) is -0.155. The fraction of sp³-hybridized carbons (Fsp3) is 0.357. The Labute approximate surface area is 106 Å². The topological polar surface area (TPSA) is 52.0 Å². The fourth-order valence-electron chi connectivity index (χ4n) is 1.86. The lowest BCUT2D eigenvalue weighted by Crippen LogP contribution is -2.17. The monoisotopic (exact) mass is 248 g/mol. The summed E-state index contributed by atoms with van der Waals surface area (Å²) in [6.07, 6.45) is 0.862. The summed E-state index contributed by atoms with van der Waals surface area (Å²) in [6, 6.07) is 6.51. The molecule has 0 aliphatic carbocycles. The molecule has 2 aromatic rings. The van der Waals surface area contributed by atoms with Gasteiger partial charge >= 0.3 is 0 Å². The molecule has 1 aromatic heterocycles. The van der Waals surface area contributed by atoms with Gasteiger partial charge in [-0.15, -0.1) is 0 Å². The number of nitrogens with zero attached hydrogens (tertiary/aromatic N) is 1. The molecule has 96 valence electrons. The summed E-state index contributed by atoms with van der Waals surface area (Å²) >= 11 is 0. The average molecular weight is 248 g/mol. The number of hydrogen-bond acceptors (Lipinski definition) is 3. The van der Waals surface area contributed by atoms with Crippen molar-refractivity contribution in [2.45, 2.75) is 32.6 Å². The van der Waals surface area contributed by atoms with E-state index in [4.69, 9.17) is 10.3 Å². The van der Waals surface area contributed by atoms with Gasteiger partial charge < -0.3 is 10.3 Å². The minimum atomic E-state index is -0.319. The first kappa shape index (κ1) is 12.6. The van der Waals surface area contributed by atoms with Gasteiger partial charge in [0.25, 0.3) is 0 Å². The smallest absolute Gasteiger partial charge is 0.230 e. The first-order valence-corrected chi connectivity index (χ1v) is 5.98. The number of rotatable bonds is 3. The van der Waals surface area contributed by atoms with Crippen LogP contribution in [-0.4, -0.2) is 5.16 Å². The standard InChI is InChI=1S/C14H17FN2O/c1-4-14(2,3)12-11(13(16)18-17-12)9-7-5-6-8-10(9)15/h5-8H,4,16H2,1-3H3. The Morgan fingerprint density at radius 1 is 1.33 bits per heavy atom. The summed E-state index contributed by atoms with van der Waals surface area (Å²) in [5, 5.41) is 4.01. The number of halogens is 1. The molecule has 0 aliphatic heterocycles. The quantitative estimate of drug-likeness (QED) is 0.900. The zero-order valence-electron chi connectivity index (χ0n) is 10.8. The van der Waals surface area contributed by atoms with Crippen LogP contribution in [-0.2, 0) is 5.41 Å². The second-order valence-corrected chi connectivity index (χ2v) is 4.99. The highest BCUT2D eigenvalue weighted by molar-refractivity contribution is 5.76. The molecule has 0 aliphatic rings. The molecule has 2 N–H and O–H groups in total. The van der Waals surface area contributed by atoms with Crippen molar-refractivity contribution in [1.29, 1.82) is 0 Å². The maximum absolute atomic E-state index is 13.9. The molecular formula is C14H17FN2O. The van der Waals surface area contributed by atoms with Crippen molar-refractivity contribution in [3.63, 3.8) is 0 Å². The number of hydrogen-bond donors (Lipinski definition) is 1. The molecule has 0 radical (unpaired) electrons. The van der Waals surface area contributed by atoms with E-state index in [0.717, 1.165) is 6.42 Å². The predicted octanol–water partition coefficient (Wildman–Crippen LogP) is 3.75. The van der Waals surface area contributed by atoms with Gasteiger partial charge in [-0.2, -0.15) is 0 Å². The van der Waals surface area contributed by atoms with Crippen LogP contribution >= 0.6 is 0 Å². The van der Waals surface area contributed by atoms with Crippen molar-refractivity contribution in [2.75, 3.05) is 5.73 Å². The summed E-state index contributed by atoms with van der Waals surface area (Å²) in [6.45, 7) is 6.12. The zero-order valence-corrected chi connectivity index (χ0v) is 10.8. The van der Waals surface area contributed by atoms with Crippen molar-refractivity contribution in [2.24, 2.45) is 0 Å². The molecule has 0 atom stereocenters. The highest BCUT2D eigenvalue weighted by Gasteiger charge is 2.29. The maximum atomic E-state index is 13.9. The van der Waals surface area contributed by atoms with Crippen molar-refractivity contribution < 1.29 is 8.91 Å². The van der Waals surface area contributed by atoms with Crippen molar-refractivity contribution in [1.82, 2.24) is 5.16 Å². The number of anilines is 1. The molecule has 2 rings (SSSR count). The summed E-state index contributed by atoms with van der Waals surface area (Å²) in [4.78, 5) is 0. The predicted molar refractivity (Wildman–Crippen MR) is 69.6 cm³/mol. The first-order chi connectivity index (χ1) is 8.47. The highest BCUT2D eigenvalue weighted by Crippen LogP contribution is 2.39. The third-order valence-electron chi connectivity index (χ3n) is 3.39. The largest absolute Gasteiger partial charge is 0.367 e. The van der Waals surface area contributed by atoms with E-state index >= 15 is 0 Å². The molecule has 1 aromatic carbocycles. The maximum Gasteiger partial charge on any atom is 0.230 e. The van der Waals surface area contributed by atoms with Crippen LogP contribution in [0.25, 0.3) is 11.1 Å². The highest BCUT2D eigenvalue weighted by atomic mass is 19.1. The van der Waals surface area contributed by atoms with Crippen LogP contribution in [0.2, 0.25) is 0 Å². The summed E-state index contributed by atoms with van der Waals surface area (Å²) in [7, 11) is 0. The molecule has 0 unspecified atom stereocenters. The minimum Gasteiger partial charge on any atom is -0.367 e. The second-order valence-electron chi connectivity index (χ2n) is 4.99. The molecule has 0 saturated heterocycles. The Balaban J connectivity index is 2.65. The van der Waals surface area contributed by atoms with Crippen LogP contribution in [0, 0.1) is 5.82 Å². The van der Waals surface area contributed by atoms with E-state index in [9.17, 15) is 4.39 Å². The first-order valence-electron chi connectivity index (χ1n) is 5.98. The van der Waals surface area contributed by atoms with Crippen LogP contribution in [0.4, 0.5) is 10.3 Å². The normalized spacial score (nSPS) is 11.8. The van der Waals surface area contributed by atoms with Crippen LogP contribution in [0.3, 0.4) is 0 Å². The van der Waals surface area contributed by atoms with Gasteiger partial charge in [0.1, 0.15) is 5.82 Å². The summed E-state index contributed by atoms with van der Waals surface area (Å²) < 4.78 is 18.9. The van der Waals surface area contributed by atoms with E-state index in [-0.39, 0.29) is 17.1 Å². The number of benzene rings is 1. The average Bonchev–Trinajstić information content (AvgIpc) is 2.72. The fourth-order valence-corrected chi connectivity index (χ4v) is 1.86. The van der Waals surface area contributed by atoms with Gasteiger partial charge in [-0.25, -0.2) is 4.39 Å². The Hall–Kier alpha value is -1.84. The van der Waals surface area contributed by atoms with Crippen molar-refractivity contribution in [3.05, 3.63) is 35.8 Å². The minimum absolute atomic E-state index is 0.164. The summed E-state index contributed by atoms with van der Waals surface area (Å²) in [5.41, 5.74) is 7.30. The Kier molecular flexibility index (Phi) is 3.11. The van der Waals surface area contributed by atoms with Crippen LogP contribution in [0.5, 0.6) is 0 Å². The van der Waals surface area contributed by atoms with Crippen LogP contribution in [0.1, 0.15) is 32.9 Å². The van der Waals surface area contributed by atoms with E-state index in [1.54, 1.807) is 18.2 Å². The van der Waals surface area contributed by atoms with E-state index in [0.29, 0.717) is 16.8 Å². The second kappa shape index (κ2) is 4.44. The lowest BCUT2D eigenvalue weighted by molar-refractivity contribution is 0.391. The lowest BCUT2D eigenvalue weighted by atomic mass is 9.83. The molecule has 3 nitrogen and oxygen atoms in total. The molecular weight excluding hydrogens is 231 g/mol. The number of aromatic nitrogens is 1. The van der Waals surface area contributed by atoms with Gasteiger partial charge in [-0.1, -0.05) is 44.1 Å². The van der Waals surface area contributed by atoms with Gasteiger partial charge in [0, 0.05) is 11.0 Å². The molecule has 18 heavy (non-hydrogen) atoms. The number of nitrogen functional groups attached to an aromatic ring is 1. The van der Waals surface area contributed by atoms with Gasteiger partial charge in [0.05, 0.1) is 11.3 Å². The van der Waals surface area contributed by atoms with E-state index in [1.165, 1.54) is 6.07 Å². The van der Waals surface area contributed by atoms with E-state index < -0.39 is 0 Å². The van der Waals surface area contributed by atoms with Crippen molar-refractivity contribution >= 4 is 5.88 Å². The van der Waals surface area contributed by atoms with Crippen LogP contribution < -0.4 is 5.73 Å². The SMILES string of the molecule is CCC(C)(C)c1noc(N)c1-c1ccccc1F. The lowest BCUT2D eigenvalue weighted by Gasteiger charge is -2.21. The molecule has 0 amide bonds. The van der Waals surface area contributed by atoms with Gasteiger partial charge in [0.15, 0.2) is 0 Å². The molecule has 0 spiro atoms. The Morgan fingerprint density at radius 3 is 2.61 bits per heavy atom.